The monoisotopic (exact) mass is 176 g/mol. The highest BCUT2D eigenvalue weighted by Gasteiger charge is 2.06. The van der Waals surface area contributed by atoms with Crippen LogP contribution in [0, 0.1) is 0 Å². The molecule has 2 heterocycles. The predicted octanol–water partition coefficient (Wildman–Crippen LogP) is 1.11. The highest BCUT2D eigenvalue weighted by molar-refractivity contribution is 5.79. The summed E-state index contributed by atoms with van der Waals surface area (Å²) < 4.78 is 2.02. The van der Waals surface area contributed by atoms with E-state index in [2.05, 4.69) is 16.9 Å². The molecule has 0 spiro atoms. The highest BCUT2D eigenvalue weighted by Crippen LogP contribution is 2.17. The molecular formula is C9H12N4. The fourth-order valence-electron chi connectivity index (χ4n) is 1.54. The smallest absolute Gasteiger partial charge is 0.220 e. The van der Waals surface area contributed by atoms with Crippen molar-refractivity contribution >= 4 is 17.0 Å². The Morgan fingerprint density at radius 3 is 2.92 bits per heavy atom. The van der Waals surface area contributed by atoms with Gasteiger partial charge in [-0.1, -0.05) is 6.92 Å². The van der Waals surface area contributed by atoms with Crippen LogP contribution in [0.3, 0.4) is 0 Å². The van der Waals surface area contributed by atoms with Crippen LogP contribution in [0.2, 0.25) is 0 Å². The van der Waals surface area contributed by atoms with E-state index in [1.54, 1.807) is 0 Å². The summed E-state index contributed by atoms with van der Waals surface area (Å²) >= 11 is 0. The van der Waals surface area contributed by atoms with E-state index in [9.17, 15) is 0 Å². The first-order chi connectivity index (χ1) is 6.22. The van der Waals surface area contributed by atoms with E-state index in [4.69, 9.17) is 5.73 Å². The summed E-state index contributed by atoms with van der Waals surface area (Å²) in [6.45, 7) is 2.06. The van der Waals surface area contributed by atoms with Crippen LogP contribution in [-0.4, -0.2) is 14.5 Å². The van der Waals surface area contributed by atoms with Crippen LogP contribution in [0.4, 0.5) is 5.95 Å². The lowest BCUT2D eigenvalue weighted by Crippen LogP contribution is -2.01. The molecule has 2 N–H and O–H groups in total. The molecular weight excluding hydrogens is 164 g/mol. The maximum absolute atomic E-state index is 5.58. The Hall–Kier alpha value is -1.58. The second-order valence-corrected chi connectivity index (χ2v) is 3.04. The summed E-state index contributed by atoms with van der Waals surface area (Å²) in [5, 5.41) is 0. The largest absolute Gasteiger partial charge is 0.368 e. The van der Waals surface area contributed by atoms with Crippen molar-refractivity contribution in [3.05, 3.63) is 18.0 Å². The van der Waals surface area contributed by atoms with Crippen LogP contribution in [0.15, 0.2) is 12.3 Å². The summed E-state index contributed by atoms with van der Waals surface area (Å²) in [7, 11) is 1.99. The molecule has 0 amide bonds. The van der Waals surface area contributed by atoms with Crippen LogP contribution < -0.4 is 5.73 Å². The number of nitrogen functional groups attached to an aromatic ring is 1. The number of rotatable bonds is 1. The van der Waals surface area contributed by atoms with Crippen molar-refractivity contribution in [3.8, 4) is 0 Å². The van der Waals surface area contributed by atoms with Crippen molar-refractivity contribution < 1.29 is 0 Å². The zero-order chi connectivity index (χ0) is 9.42. The number of fused-ring (bicyclic) bond motifs is 1. The Balaban J connectivity index is 2.85. The lowest BCUT2D eigenvalue weighted by atomic mass is 10.3. The minimum Gasteiger partial charge on any atom is -0.368 e. The van der Waals surface area contributed by atoms with Crippen molar-refractivity contribution in [1.82, 2.24) is 14.5 Å². The van der Waals surface area contributed by atoms with Crippen molar-refractivity contribution in [3.63, 3.8) is 0 Å². The molecule has 4 nitrogen and oxygen atoms in total. The summed E-state index contributed by atoms with van der Waals surface area (Å²) in [4.78, 5) is 8.35. The third-order valence-corrected chi connectivity index (χ3v) is 2.14. The molecule has 0 radical (unpaired) electrons. The number of anilines is 1. The Morgan fingerprint density at radius 2 is 2.23 bits per heavy atom. The SMILES string of the molecule is CCc1nc(N)nc2ccn(C)c12. The Morgan fingerprint density at radius 1 is 1.46 bits per heavy atom. The topological polar surface area (TPSA) is 56.7 Å². The quantitative estimate of drug-likeness (QED) is 0.708. The summed E-state index contributed by atoms with van der Waals surface area (Å²) in [6.07, 6.45) is 2.85. The first-order valence-corrected chi connectivity index (χ1v) is 4.29. The normalized spacial score (nSPS) is 10.9. The first-order valence-electron chi connectivity index (χ1n) is 4.29. The maximum Gasteiger partial charge on any atom is 0.220 e. The molecule has 0 saturated carbocycles. The molecule has 0 bridgehead atoms. The molecule has 2 aromatic heterocycles. The Kier molecular flexibility index (Phi) is 1.69. The van der Waals surface area contributed by atoms with Gasteiger partial charge in [0.25, 0.3) is 0 Å². The van der Waals surface area contributed by atoms with E-state index >= 15 is 0 Å². The van der Waals surface area contributed by atoms with Gasteiger partial charge in [0.1, 0.15) is 0 Å². The van der Waals surface area contributed by atoms with Crippen molar-refractivity contribution in [1.29, 1.82) is 0 Å². The minimum atomic E-state index is 0.357. The van der Waals surface area contributed by atoms with Gasteiger partial charge in [-0.25, -0.2) is 9.97 Å². The third-order valence-electron chi connectivity index (χ3n) is 2.14. The fourth-order valence-corrected chi connectivity index (χ4v) is 1.54. The molecule has 0 fully saturated rings. The molecule has 0 saturated heterocycles. The van der Waals surface area contributed by atoms with E-state index in [-0.39, 0.29) is 0 Å². The number of nitrogens with zero attached hydrogens (tertiary/aromatic N) is 3. The van der Waals surface area contributed by atoms with Crippen molar-refractivity contribution in [2.24, 2.45) is 7.05 Å². The van der Waals surface area contributed by atoms with Crippen LogP contribution in [0.1, 0.15) is 12.6 Å². The van der Waals surface area contributed by atoms with Gasteiger partial charge in [0, 0.05) is 13.2 Å². The molecule has 0 unspecified atom stereocenters. The molecule has 0 aliphatic rings. The molecule has 2 rings (SSSR count). The lowest BCUT2D eigenvalue weighted by Gasteiger charge is -2.02. The van der Waals surface area contributed by atoms with Crippen LogP contribution in [0.5, 0.6) is 0 Å². The number of nitrogens with two attached hydrogens (primary N) is 1. The first kappa shape index (κ1) is 8.04. The van der Waals surface area contributed by atoms with Gasteiger partial charge in [-0.3, -0.25) is 0 Å². The molecule has 2 aromatic rings. The highest BCUT2D eigenvalue weighted by atomic mass is 15.0. The molecule has 0 aliphatic heterocycles. The Bertz CT molecular complexity index is 444. The van der Waals surface area contributed by atoms with Gasteiger partial charge < -0.3 is 10.3 Å². The lowest BCUT2D eigenvalue weighted by molar-refractivity contribution is 0.933. The van der Waals surface area contributed by atoms with Gasteiger partial charge in [-0.05, 0) is 12.5 Å². The number of aromatic nitrogens is 3. The second-order valence-electron chi connectivity index (χ2n) is 3.04. The van der Waals surface area contributed by atoms with Gasteiger partial charge in [-0.15, -0.1) is 0 Å². The third kappa shape index (κ3) is 1.14. The average molecular weight is 176 g/mol. The molecule has 4 heteroatoms. The van der Waals surface area contributed by atoms with Crippen LogP contribution >= 0.6 is 0 Å². The zero-order valence-electron chi connectivity index (χ0n) is 7.78. The zero-order valence-corrected chi connectivity index (χ0v) is 7.78. The van der Waals surface area contributed by atoms with Crippen LogP contribution in [0.25, 0.3) is 11.0 Å². The standard InChI is InChI=1S/C9H12N4/c1-3-6-8-7(4-5-13(8)2)12-9(10)11-6/h4-5H,3H2,1-2H3,(H2,10,11,12). The molecule has 0 aliphatic carbocycles. The average Bonchev–Trinajstić information content (AvgIpc) is 2.46. The van der Waals surface area contributed by atoms with Crippen LogP contribution in [-0.2, 0) is 13.5 Å². The van der Waals surface area contributed by atoms with Gasteiger partial charge in [0.05, 0.1) is 16.7 Å². The van der Waals surface area contributed by atoms with E-state index in [0.29, 0.717) is 5.95 Å². The number of hydrogen-bond donors (Lipinski definition) is 1. The summed E-state index contributed by atoms with van der Waals surface area (Å²) in [6, 6.07) is 1.95. The minimum absolute atomic E-state index is 0.357. The van der Waals surface area contributed by atoms with Gasteiger partial charge in [0.2, 0.25) is 5.95 Å². The maximum atomic E-state index is 5.58. The van der Waals surface area contributed by atoms with Gasteiger partial charge >= 0.3 is 0 Å². The van der Waals surface area contributed by atoms with Gasteiger partial charge in [0.15, 0.2) is 0 Å². The summed E-state index contributed by atoms with van der Waals surface area (Å²) in [5.74, 6) is 0.357. The number of hydrogen-bond acceptors (Lipinski definition) is 3. The van der Waals surface area contributed by atoms with Crippen molar-refractivity contribution in [2.75, 3.05) is 5.73 Å². The van der Waals surface area contributed by atoms with Crippen molar-refractivity contribution in [2.45, 2.75) is 13.3 Å². The second kappa shape index (κ2) is 2.73. The molecule has 0 atom stereocenters. The van der Waals surface area contributed by atoms with E-state index < -0.39 is 0 Å². The van der Waals surface area contributed by atoms with E-state index in [1.165, 1.54) is 0 Å². The Labute approximate surface area is 76.4 Å². The van der Waals surface area contributed by atoms with E-state index in [0.717, 1.165) is 23.1 Å². The summed E-state index contributed by atoms with van der Waals surface area (Å²) in [5.41, 5.74) is 8.59. The molecule has 13 heavy (non-hydrogen) atoms. The van der Waals surface area contributed by atoms with E-state index in [1.807, 2.05) is 23.9 Å². The van der Waals surface area contributed by atoms with Gasteiger partial charge in [-0.2, -0.15) is 0 Å². The molecule has 68 valence electrons. The number of aryl methyl sites for hydroxylation is 2. The molecule has 0 aromatic carbocycles. The predicted molar refractivity (Wildman–Crippen MR) is 52.3 cm³/mol. The fraction of sp³-hybridized carbons (Fsp3) is 0.333.